The third kappa shape index (κ3) is 3.53. The molecule has 1 saturated heterocycles. The van der Waals surface area contributed by atoms with Gasteiger partial charge in [0.05, 0.1) is 6.61 Å². The summed E-state index contributed by atoms with van der Waals surface area (Å²) in [5.74, 6) is 0.0736. The molecule has 0 saturated carbocycles. The molecule has 1 heterocycles. The first kappa shape index (κ1) is 14.7. The van der Waals surface area contributed by atoms with Crippen molar-refractivity contribution in [3.8, 4) is 0 Å². The topological polar surface area (TPSA) is 49.8 Å². The van der Waals surface area contributed by atoms with E-state index in [1.165, 1.54) is 0 Å². The van der Waals surface area contributed by atoms with Crippen LogP contribution in [-0.4, -0.2) is 50.2 Å². The van der Waals surface area contributed by atoms with E-state index in [4.69, 9.17) is 4.74 Å². The Morgan fingerprint density at radius 2 is 2.12 bits per heavy atom. The van der Waals surface area contributed by atoms with Gasteiger partial charge in [-0.3, -0.25) is 4.79 Å². The van der Waals surface area contributed by atoms with Crippen LogP contribution in [0.15, 0.2) is 0 Å². The maximum Gasteiger partial charge on any atom is 0.251 e. The Morgan fingerprint density at radius 3 is 2.65 bits per heavy atom. The molecule has 1 aliphatic rings. The molecular weight excluding hydrogens is 234 g/mol. The summed E-state index contributed by atoms with van der Waals surface area (Å²) in [5, 5.41) is -0.0906. The maximum absolute atomic E-state index is 11.8. The zero-order chi connectivity index (χ0) is 13.3. The zero-order valence-electron chi connectivity index (χ0n) is 11.6. The normalized spacial score (nSPS) is 23.1. The fourth-order valence-corrected chi connectivity index (χ4v) is 2.52. The summed E-state index contributed by atoms with van der Waals surface area (Å²) in [4.78, 5) is 23.8. The molecule has 5 heteroatoms. The average molecular weight is 259 g/mol. The van der Waals surface area contributed by atoms with Crippen LogP contribution < -0.4 is 0 Å². The predicted molar refractivity (Wildman–Crippen MR) is 70.4 cm³/mol. The molecule has 0 bridgehead atoms. The van der Waals surface area contributed by atoms with Gasteiger partial charge in [-0.15, -0.1) is 0 Å². The lowest BCUT2D eigenvalue weighted by molar-refractivity contribution is -0.151. The van der Waals surface area contributed by atoms with Crippen LogP contribution >= 0.6 is 0 Å². The van der Waals surface area contributed by atoms with Crippen LogP contribution in [0.4, 0.5) is 0 Å². The molecule has 0 aromatic heterocycles. The van der Waals surface area contributed by atoms with Crippen molar-refractivity contribution in [1.82, 2.24) is 4.90 Å². The van der Waals surface area contributed by atoms with Gasteiger partial charge in [-0.05, 0) is 31.0 Å². The summed E-state index contributed by atoms with van der Waals surface area (Å²) in [7, 11) is -0.376. The van der Waals surface area contributed by atoms with Gasteiger partial charge in [-0.1, -0.05) is 13.8 Å². The SMILES string of the molecule is CN1CCOC(CCC(C)(C)[Si](C)(C)O)C1=O. The number of amides is 1. The van der Waals surface area contributed by atoms with Gasteiger partial charge >= 0.3 is 0 Å². The van der Waals surface area contributed by atoms with Crippen LogP contribution in [0.5, 0.6) is 0 Å². The Labute approximate surface area is 105 Å². The highest BCUT2D eigenvalue weighted by molar-refractivity contribution is 6.72. The molecule has 1 rings (SSSR count). The number of ether oxygens (including phenoxy) is 1. The maximum atomic E-state index is 11.8. The van der Waals surface area contributed by atoms with Gasteiger partial charge < -0.3 is 14.4 Å². The molecule has 0 radical (unpaired) electrons. The van der Waals surface area contributed by atoms with Crippen molar-refractivity contribution in [2.75, 3.05) is 20.2 Å². The number of carbonyl (C=O) groups is 1. The van der Waals surface area contributed by atoms with Gasteiger partial charge in [0.1, 0.15) is 6.10 Å². The minimum absolute atomic E-state index is 0.0736. The standard InChI is InChI=1S/C12H25NO3Si/c1-12(2,17(4,5)15)7-6-10-11(14)13(3)8-9-16-10/h10,15H,6-9H2,1-5H3. The number of likely N-dealkylation sites (N-methyl/N-ethyl adjacent to an activating group) is 1. The molecule has 1 N–H and O–H groups in total. The lowest BCUT2D eigenvalue weighted by atomic mass is 10.0. The molecule has 0 spiro atoms. The van der Waals surface area contributed by atoms with Gasteiger partial charge in [0.2, 0.25) is 0 Å². The average Bonchev–Trinajstić information content (AvgIpc) is 2.18. The number of nitrogens with zero attached hydrogens (tertiary/aromatic N) is 1. The Bertz CT molecular complexity index is 286. The molecular formula is C12H25NO3Si. The lowest BCUT2D eigenvalue weighted by Gasteiger charge is -2.37. The first-order valence-electron chi connectivity index (χ1n) is 6.24. The van der Waals surface area contributed by atoms with E-state index in [-0.39, 0.29) is 17.0 Å². The fourth-order valence-electron chi connectivity index (χ4n) is 1.76. The lowest BCUT2D eigenvalue weighted by Crippen LogP contribution is -2.46. The van der Waals surface area contributed by atoms with Crippen molar-refractivity contribution in [3.63, 3.8) is 0 Å². The Morgan fingerprint density at radius 1 is 1.53 bits per heavy atom. The van der Waals surface area contributed by atoms with Gasteiger partial charge in [0.25, 0.3) is 5.91 Å². The molecule has 1 unspecified atom stereocenters. The van der Waals surface area contributed by atoms with Crippen molar-refractivity contribution in [1.29, 1.82) is 0 Å². The molecule has 4 nitrogen and oxygen atoms in total. The first-order valence-corrected chi connectivity index (χ1v) is 9.19. The second kappa shape index (κ2) is 5.08. The van der Waals surface area contributed by atoms with Crippen LogP contribution in [0.2, 0.25) is 18.1 Å². The van der Waals surface area contributed by atoms with Gasteiger partial charge in [-0.2, -0.15) is 0 Å². The number of hydrogen-bond acceptors (Lipinski definition) is 3. The van der Waals surface area contributed by atoms with Crippen LogP contribution in [-0.2, 0) is 9.53 Å². The Hall–Kier alpha value is -0.393. The van der Waals surface area contributed by atoms with Gasteiger partial charge in [0.15, 0.2) is 8.32 Å². The number of carbonyl (C=O) groups excluding carboxylic acids is 1. The molecule has 1 atom stereocenters. The summed E-state index contributed by atoms with van der Waals surface area (Å²) in [6.07, 6.45) is 1.21. The largest absolute Gasteiger partial charge is 0.432 e. The highest BCUT2D eigenvalue weighted by atomic mass is 28.4. The Kier molecular flexibility index (Phi) is 4.38. The van der Waals surface area contributed by atoms with E-state index >= 15 is 0 Å². The summed E-state index contributed by atoms with van der Waals surface area (Å²) in [6, 6.07) is 0. The predicted octanol–water partition coefficient (Wildman–Crippen LogP) is 1.60. The van der Waals surface area contributed by atoms with E-state index in [9.17, 15) is 9.59 Å². The summed E-state index contributed by atoms with van der Waals surface area (Å²) >= 11 is 0. The van der Waals surface area contributed by atoms with E-state index in [0.29, 0.717) is 19.6 Å². The Balaban J connectivity index is 2.53. The van der Waals surface area contributed by atoms with Crippen molar-refractivity contribution in [2.45, 2.75) is 50.9 Å². The molecule has 1 aliphatic heterocycles. The van der Waals surface area contributed by atoms with Gasteiger partial charge in [-0.25, -0.2) is 0 Å². The fraction of sp³-hybridized carbons (Fsp3) is 0.917. The van der Waals surface area contributed by atoms with Crippen LogP contribution in [0.3, 0.4) is 0 Å². The molecule has 1 fully saturated rings. The smallest absolute Gasteiger partial charge is 0.251 e. The number of morpholine rings is 1. The third-order valence-corrected chi connectivity index (χ3v) is 7.65. The van der Waals surface area contributed by atoms with Crippen LogP contribution in [0.25, 0.3) is 0 Å². The summed E-state index contributed by atoms with van der Waals surface area (Å²) in [6.45, 7) is 9.35. The first-order chi connectivity index (χ1) is 7.65. The van der Waals surface area contributed by atoms with Crippen molar-refractivity contribution < 1.29 is 14.3 Å². The van der Waals surface area contributed by atoms with Crippen LogP contribution in [0, 0.1) is 0 Å². The molecule has 1 amide bonds. The molecule has 0 aromatic carbocycles. The van der Waals surface area contributed by atoms with E-state index in [1.807, 2.05) is 20.1 Å². The number of rotatable bonds is 4. The summed E-state index contributed by atoms with van der Waals surface area (Å²) < 4.78 is 5.51. The molecule has 100 valence electrons. The monoisotopic (exact) mass is 259 g/mol. The summed E-state index contributed by atoms with van der Waals surface area (Å²) in [5.41, 5.74) is 0. The van der Waals surface area contributed by atoms with E-state index in [0.717, 1.165) is 6.42 Å². The van der Waals surface area contributed by atoms with E-state index in [2.05, 4.69) is 13.8 Å². The van der Waals surface area contributed by atoms with Crippen molar-refractivity contribution >= 4 is 14.2 Å². The van der Waals surface area contributed by atoms with Crippen molar-refractivity contribution in [2.24, 2.45) is 0 Å². The van der Waals surface area contributed by atoms with Crippen molar-refractivity contribution in [3.05, 3.63) is 0 Å². The molecule has 17 heavy (non-hydrogen) atoms. The second-order valence-corrected chi connectivity index (χ2v) is 10.6. The minimum atomic E-state index is -2.19. The highest BCUT2D eigenvalue weighted by Gasteiger charge is 2.39. The zero-order valence-corrected chi connectivity index (χ0v) is 12.6. The second-order valence-electron chi connectivity index (χ2n) is 6.10. The number of hydrogen-bond donors (Lipinski definition) is 1. The highest BCUT2D eigenvalue weighted by Crippen LogP contribution is 2.40. The quantitative estimate of drug-likeness (QED) is 0.780. The minimum Gasteiger partial charge on any atom is -0.432 e. The molecule has 0 aliphatic carbocycles. The third-order valence-electron chi connectivity index (χ3n) is 4.09. The van der Waals surface area contributed by atoms with Gasteiger partial charge in [0, 0.05) is 13.6 Å². The van der Waals surface area contributed by atoms with E-state index in [1.54, 1.807) is 4.90 Å². The van der Waals surface area contributed by atoms with Crippen LogP contribution in [0.1, 0.15) is 26.7 Å². The molecule has 0 aromatic rings. The van der Waals surface area contributed by atoms with E-state index < -0.39 is 8.32 Å².